The topological polar surface area (TPSA) is 49.7 Å². The third-order valence-electron chi connectivity index (χ3n) is 2.56. The first kappa shape index (κ1) is 12.9. The third kappa shape index (κ3) is 2.82. The zero-order valence-electron chi connectivity index (χ0n) is 9.64. The monoisotopic (exact) mass is 264 g/mol. The van der Waals surface area contributed by atoms with Crippen LogP contribution in [0.15, 0.2) is 42.5 Å². The van der Waals surface area contributed by atoms with Crippen LogP contribution in [-0.4, -0.2) is 10.2 Å². The highest BCUT2D eigenvalue weighted by atomic mass is 35.5. The fourth-order valence-electron chi connectivity index (χ4n) is 1.61. The molecule has 94 valence electrons. The highest BCUT2D eigenvalue weighted by molar-refractivity contribution is 6.30. The second kappa shape index (κ2) is 5.87. The van der Waals surface area contributed by atoms with E-state index in [-0.39, 0.29) is 13.2 Å². The van der Waals surface area contributed by atoms with Crippen LogP contribution in [0.2, 0.25) is 5.02 Å². The Morgan fingerprint density at radius 1 is 0.889 bits per heavy atom. The number of aliphatic hydroxyl groups is 2. The molecule has 0 radical (unpaired) electrons. The predicted octanol–water partition coefficient (Wildman–Crippen LogP) is 3.12. The van der Waals surface area contributed by atoms with E-state index in [0.29, 0.717) is 27.6 Å². The number of hydrogen-bond acceptors (Lipinski definition) is 3. The van der Waals surface area contributed by atoms with Crippen molar-refractivity contribution < 1.29 is 14.9 Å². The van der Waals surface area contributed by atoms with E-state index >= 15 is 0 Å². The highest BCUT2D eigenvalue weighted by Gasteiger charge is 2.08. The van der Waals surface area contributed by atoms with Gasteiger partial charge in [-0.25, -0.2) is 0 Å². The summed E-state index contributed by atoms with van der Waals surface area (Å²) in [6.07, 6.45) is 0. The number of rotatable bonds is 4. The molecule has 18 heavy (non-hydrogen) atoms. The van der Waals surface area contributed by atoms with Gasteiger partial charge in [-0.3, -0.25) is 0 Å². The minimum Gasteiger partial charge on any atom is -0.457 e. The molecule has 0 aliphatic rings. The number of hydrogen-bond donors (Lipinski definition) is 2. The smallest absolute Gasteiger partial charge is 0.134 e. The van der Waals surface area contributed by atoms with E-state index in [1.807, 2.05) is 12.1 Å². The van der Waals surface area contributed by atoms with Gasteiger partial charge in [-0.2, -0.15) is 0 Å². The molecule has 0 fully saturated rings. The molecule has 4 heteroatoms. The summed E-state index contributed by atoms with van der Waals surface area (Å²) in [5.74, 6) is 1.04. The van der Waals surface area contributed by atoms with Gasteiger partial charge in [-0.1, -0.05) is 35.9 Å². The lowest BCUT2D eigenvalue weighted by atomic mass is 10.2. The quantitative estimate of drug-likeness (QED) is 0.892. The molecule has 0 aliphatic carbocycles. The molecule has 0 unspecified atom stereocenters. The molecule has 2 aromatic carbocycles. The SMILES string of the molecule is OCc1ccccc1Oc1cc(Cl)ccc1CO. The first-order valence-electron chi connectivity index (χ1n) is 5.50. The number of para-hydroxylation sites is 1. The van der Waals surface area contributed by atoms with E-state index < -0.39 is 0 Å². The Morgan fingerprint density at radius 3 is 2.28 bits per heavy atom. The van der Waals surface area contributed by atoms with E-state index in [1.54, 1.807) is 30.3 Å². The molecule has 0 aromatic heterocycles. The van der Waals surface area contributed by atoms with Crippen LogP contribution in [0.3, 0.4) is 0 Å². The molecule has 0 heterocycles. The summed E-state index contributed by atoms with van der Waals surface area (Å²) in [5.41, 5.74) is 1.33. The van der Waals surface area contributed by atoms with Crippen molar-refractivity contribution >= 4 is 11.6 Å². The summed E-state index contributed by atoms with van der Waals surface area (Å²) >= 11 is 5.90. The normalized spacial score (nSPS) is 10.4. The van der Waals surface area contributed by atoms with Crippen molar-refractivity contribution in [2.75, 3.05) is 0 Å². The predicted molar refractivity (Wildman–Crippen MR) is 69.8 cm³/mol. The molecule has 2 rings (SSSR count). The summed E-state index contributed by atoms with van der Waals surface area (Å²) in [6, 6.07) is 12.2. The van der Waals surface area contributed by atoms with Crippen molar-refractivity contribution in [3.8, 4) is 11.5 Å². The molecule has 3 nitrogen and oxygen atoms in total. The molecule has 2 aromatic rings. The van der Waals surface area contributed by atoms with Crippen LogP contribution in [0.5, 0.6) is 11.5 Å². The molecular formula is C14H13ClO3. The fourth-order valence-corrected chi connectivity index (χ4v) is 1.77. The minimum atomic E-state index is -0.131. The molecule has 0 spiro atoms. The van der Waals surface area contributed by atoms with Gasteiger partial charge >= 0.3 is 0 Å². The maximum Gasteiger partial charge on any atom is 0.134 e. The molecule has 0 saturated heterocycles. The fraction of sp³-hybridized carbons (Fsp3) is 0.143. The van der Waals surface area contributed by atoms with Gasteiger partial charge in [-0.05, 0) is 18.2 Å². The van der Waals surface area contributed by atoms with Crippen molar-refractivity contribution in [2.45, 2.75) is 13.2 Å². The van der Waals surface area contributed by atoms with E-state index in [0.717, 1.165) is 0 Å². The lowest BCUT2D eigenvalue weighted by molar-refractivity contribution is 0.271. The Labute approximate surface area is 110 Å². The lowest BCUT2D eigenvalue weighted by Crippen LogP contribution is -1.95. The Kier molecular flexibility index (Phi) is 4.20. The first-order chi connectivity index (χ1) is 8.74. The molecule has 0 saturated carbocycles. The Balaban J connectivity index is 2.36. The van der Waals surface area contributed by atoms with Gasteiger partial charge in [0.2, 0.25) is 0 Å². The van der Waals surface area contributed by atoms with E-state index in [1.165, 1.54) is 0 Å². The van der Waals surface area contributed by atoms with E-state index in [9.17, 15) is 10.2 Å². The van der Waals surface area contributed by atoms with E-state index in [4.69, 9.17) is 16.3 Å². The van der Waals surface area contributed by atoms with Crippen molar-refractivity contribution in [1.82, 2.24) is 0 Å². The number of halogens is 1. The second-order valence-corrected chi connectivity index (χ2v) is 4.21. The molecule has 0 amide bonds. The average molecular weight is 265 g/mol. The third-order valence-corrected chi connectivity index (χ3v) is 2.80. The number of aliphatic hydroxyl groups excluding tert-OH is 2. The molecule has 0 bridgehead atoms. The van der Waals surface area contributed by atoms with Gasteiger partial charge in [0.25, 0.3) is 0 Å². The van der Waals surface area contributed by atoms with Crippen molar-refractivity contribution in [3.05, 3.63) is 58.6 Å². The van der Waals surface area contributed by atoms with Crippen molar-refractivity contribution in [2.24, 2.45) is 0 Å². The summed E-state index contributed by atoms with van der Waals surface area (Å²) in [4.78, 5) is 0. The first-order valence-corrected chi connectivity index (χ1v) is 5.88. The Bertz CT molecular complexity index is 540. The van der Waals surface area contributed by atoms with Gasteiger partial charge < -0.3 is 14.9 Å². The van der Waals surface area contributed by atoms with E-state index in [2.05, 4.69) is 0 Å². The number of benzene rings is 2. The maximum absolute atomic E-state index is 9.24. The van der Waals surface area contributed by atoms with Crippen LogP contribution in [0.4, 0.5) is 0 Å². The molecular weight excluding hydrogens is 252 g/mol. The minimum absolute atomic E-state index is 0.106. The highest BCUT2D eigenvalue weighted by Crippen LogP contribution is 2.30. The zero-order valence-corrected chi connectivity index (χ0v) is 10.4. The average Bonchev–Trinajstić information content (AvgIpc) is 2.40. The van der Waals surface area contributed by atoms with Crippen LogP contribution in [0.1, 0.15) is 11.1 Å². The lowest BCUT2D eigenvalue weighted by Gasteiger charge is -2.12. The van der Waals surface area contributed by atoms with Gasteiger partial charge in [0.1, 0.15) is 11.5 Å². The Morgan fingerprint density at radius 2 is 1.56 bits per heavy atom. The zero-order chi connectivity index (χ0) is 13.0. The van der Waals surface area contributed by atoms with Crippen LogP contribution in [0, 0.1) is 0 Å². The summed E-state index contributed by atoms with van der Waals surface area (Å²) in [5, 5.41) is 19.0. The largest absolute Gasteiger partial charge is 0.457 e. The second-order valence-electron chi connectivity index (χ2n) is 3.78. The van der Waals surface area contributed by atoms with Gasteiger partial charge in [-0.15, -0.1) is 0 Å². The molecule has 0 aliphatic heterocycles. The van der Waals surface area contributed by atoms with Gasteiger partial charge in [0, 0.05) is 16.1 Å². The standard InChI is InChI=1S/C14H13ClO3/c15-12-6-5-11(9-17)14(7-12)18-13-4-2-1-3-10(13)8-16/h1-7,16-17H,8-9H2. The van der Waals surface area contributed by atoms with Crippen LogP contribution in [0.25, 0.3) is 0 Å². The Hall–Kier alpha value is -1.55. The van der Waals surface area contributed by atoms with Crippen LogP contribution >= 0.6 is 11.6 Å². The van der Waals surface area contributed by atoms with Gasteiger partial charge in [0.05, 0.1) is 13.2 Å². The van der Waals surface area contributed by atoms with Crippen molar-refractivity contribution in [3.63, 3.8) is 0 Å². The summed E-state index contributed by atoms with van der Waals surface area (Å²) in [6.45, 7) is -0.237. The maximum atomic E-state index is 9.24. The number of ether oxygens (including phenoxy) is 1. The van der Waals surface area contributed by atoms with Crippen LogP contribution < -0.4 is 4.74 Å². The molecule has 2 N–H and O–H groups in total. The van der Waals surface area contributed by atoms with Gasteiger partial charge in [0.15, 0.2) is 0 Å². The molecule has 0 atom stereocenters. The van der Waals surface area contributed by atoms with Crippen LogP contribution in [-0.2, 0) is 13.2 Å². The van der Waals surface area contributed by atoms with Crippen molar-refractivity contribution in [1.29, 1.82) is 0 Å². The summed E-state index contributed by atoms with van der Waals surface area (Å²) in [7, 11) is 0. The summed E-state index contributed by atoms with van der Waals surface area (Å²) < 4.78 is 5.70.